The monoisotopic (exact) mass is 206 g/mol. The van der Waals surface area contributed by atoms with Crippen LogP contribution in [0.5, 0.6) is 0 Å². The number of halogens is 1. The lowest BCUT2D eigenvalue weighted by molar-refractivity contribution is 0.807. The highest BCUT2D eigenvalue weighted by atomic mass is 79.9. The van der Waals surface area contributed by atoms with Crippen LogP contribution in [0.15, 0.2) is 9.98 Å². The molecule has 1 atom stereocenters. The van der Waals surface area contributed by atoms with Gasteiger partial charge >= 0.3 is 0 Å². The Morgan fingerprint density at radius 1 is 1.89 bits per heavy atom. The third kappa shape index (κ3) is 1.74. The maximum absolute atomic E-state index is 5.55. The van der Waals surface area contributed by atoms with Gasteiger partial charge in [-0.1, -0.05) is 0 Å². The highest BCUT2D eigenvalue weighted by Crippen LogP contribution is 2.22. The molecule has 0 saturated carbocycles. The Kier molecular flexibility index (Phi) is 2.21. The van der Waals surface area contributed by atoms with E-state index >= 15 is 0 Å². The zero-order valence-corrected chi connectivity index (χ0v) is 7.37. The van der Waals surface area contributed by atoms with Crippen molar-refractivity contribution in [2.45, 2.75) is 13.0 Å². The Balaban J connectivity index is 2.85. The topological polar surface area (TPSA) is 38.9 Å². The lowest BCUT2D eigenvalue weighted by Gasteiger charge is -1.94. The molecule has 2 N–H and O–H groups in total. The highest BCUT2D eigenvalue weighted by Gasteiger charge is 2.02. The van der Waals surface area contributed by atoms with E-state index in [1.54, 1.807) is 17.5 Å². The normalized spacial score (nSPS) is 13.7. The molecule has 4 heteroatoms. The minimum atomic E-state index is 0.0568. The number of aromatic nitrogens is 1. The zero-order valence-electron chi connectivity index (χ0n) is 4.97. The van der Waals surface area contributed by atoms with Crippen LogP contribution in [0.25, 0.3) is 0 Å². The van der Waals surface area contributed by atoms with Gasteiger partial charge in [0.1, 0.15) is 5.01 Å². The second kappa shape index (κ2) is 2.77. The van der Waals surface area contributed by atoms with Gasteiger partial charge in [-0.2, -0.15) is 0 Å². The van der Waals surface area contributed by atoms with Crippen molar-refractivity contribution in [3.63, 3.8) is 0 Å². The van der Waals surface area contributed by atoms with Crippen LogP contribution >= 0.6 is 27.3 Å². The first-order valence-corrected chi connectivity index (χ1v) is 4.18. The van der Waals surface area contributed by atoms with Crippen molar-refractivity contribution in [1.82, 2.24) is 4.98 Å². The molecule has 0 fully saturated rings. The molecule has 0 aliphatic heterocycles. The van der Waals surface area contributed by atoms with Crippen molar-refractivity contribution < 1.29 is 0 Å². The maximum Gasteiger partial charge on any atom is 0.110 e. The Morgan fingerprint density at radius 2 is 2.56 bits per heavy atom. The Labute approximate surface area is 66.2 Å². The summed E-state index contributed by atoms with van der Waals surface area (Å²) in [4.78, 5) is 4.06. The zero-order chi connectivity index (χ0) is 6.85. The number of thiazole rings is 1. The molecule has 0 aliphatic carbocycles. The summed E-state index contributed by atoms with van der Waals surface area (Å²) in [6, 6.07) is 0.0568. The fraction of sp³-hybridized carbons (Fsp3) is 0.400. The smallest absolute Gasteiger partial charge is 0.110 e. The largest absolute Gasteiger partial charge is 0.322 e. The lowest BCUT2D eigenvalue weighted by Crippen LogP contribution is -2.03. The average molecular weight is 207 g/mol. The Morgan fingerprint density at radius 3 is 2.78 bits per heavy atom. The molecule has 1 rings (SSSR count). The first-order chi connectivity index (χ1) is 4.20. The maximum atomic E-state index is 5.55. The van der Waals surface area contributed by atoms with E-state index in [9.17, 15) is 0 Å². The first-order valence-electron chi connectivity index (χ1n) is 2.57. The van der Waals surface area contributed by atoms with Crippen LogP contribution in [-0.4, -0.2) is 4.98 Å². The summed E-state index contributed by atoms with van der Waals surface area (Å²) in [5.74, 6) is 0. The SMILES string of the molecule is C[C@@H](N)c1ncc(Br)s1. The highest BCUT2D eigenvalue weighted by molar-refractivity contribution is 9.11. The van der Waals surface area contributed by atoms with Gasteiger partial charge in [-0.05, 0) is 22.9 Å². The van der Waals surface area contributed by atoms with Crippen molar-refractivity contribution in [2.24, 2.45) is 5.73 Å². The van der Waals surface area contributed by atoms with Crippen molar-refractivity contribution >= 4 is 27.3 Å². The molecule has 1 aromatic heterocycles. The van der Waals surface area contributed by atoms with E-state index in [4.69, 9.17) is 5.73 Å². The predicted octanol–water partition coefficient (Wildman–Crippen LogP) is 1.93. The molecule has 0 aromatic carbocycles. The molecule has 1 heterocycles. The molecule has 2 nitrogen and oxygen atoms in total. The lowest BCUT2D eigenvalue weighted by atomic mass is 10.4. The summed E-state index contributed by atoms with van der Waals surface area (Å²) >= 11 is 4.88. The number of hydrogen-bond donors (Lipinski definition) is 1. The molecular formula is C5H7BrN2S. The third-order valence-corrected chi connectivity index (χ3v) is 2.56. The molecule has 0 bridgehead atoms. The van der Waals surface area contributed by atoms with Gasteiger partial charge in [-0.15, -0.1) is 11.3 Å². The molecule has 0 aliphatic rings. The summed E-state index contributed by atoms with van der Waals surface area (Å²) < 4.78 is 1.04. The van der Waals surface area contributed by atoms with E-state index in [2.05, 4.69) is 20.9 Å². The van der Waals surface area contributed by atoms with E-state index in [-0.39, 0.29) is 6.04 Å². The van der Waals surface area contributed by atoms with Crippen LogP contribution in [0.2, 0.25) is 0 Å². The number of nitrogens with zero attached hydrogens (tertiary/aromatic N) is 1. The van der Waals surface area contributed by atoms with Gasteiger partial charge in [0.05, 0.1) is 16.0 Å². The minimum absolute atomic E-state index is 0.0568. The fourth-order valence-corrected chi connectivity index (χ4v) is 1.67. The van der Waals surface area contributed by atoms with Gasteiger partial charge in [-0.25, -0.2) is 4.98 Å². The van der Waals surface area contributed by atoms with Crippen molar-refractivity contribution in [2.75, 3.05) is 0 Å². The van der Waals surface area contributed by atoms with Crippen LogP contribution in [0.3, 0.4) is 0 Å². The predicted molar refractivity (Wildman–Crippen MR) is 42.4 cm³/mol. The van der Waals surface area contributed by atoms with Gasteiger partial charge < -0.3 is 5.73 Å². The molecule has 0 spiro atoms. The molecule has 0 unspecified atom stereocenters. The van der Waals surface area contributed by atoms with Crippen molar-refractivity contribution in [3.05, 3.63) is 15.0 Å². The minimum Gasteiger partial charge on any atom is -0.322 e. The summed E-state index contributed by atoms with van der Waals surface area (Å²) in [5, 5.41) is 0.974. The van der Waals surface area contributed by atoms with Crippen LogP contribution in [0.4, 0.5) is 0 Å². The van der Waals surface area contributed by atoms with E-state index in [0.29, 0.717) is 0 Å². The quantitative estimate of drug-likeness (QED) is 0.764. The molecule has 50 valence electrons. The van der Waals surface area contributed by atoms with Crippen LogP contribution < -0.4 is 5.73 Å². The van der Waals surface area contributed by atoms with Crippen LogP contribution in [0, 0.1) is 0 Å². The van der Waals surface area contributed by atoms with E-state index < -0.39 is 0 Å². The number of rotatable bonds is 1. The van der Waals surface area contributed by atoms with Gasteiger partial charge in [0.2, 0.25) is 0 Å². The average Bonchev–Trinajstić information content (AvgIpc) is 2.14. The van der Waals surface area contributed by atoms with Crippen LogP contribution in [0.1, 0.15) is 18.0 Å². The van der Waals surface area contributed by atoms with Gasteiger partial charge in [0.25, 0.3) is 0 Å². The number of hydrogen-bond acceptors (Lipinski definition) is 3. The van der Waals surface area contributed by atoms with Gasteiger partial charge in [0.15, 0.2) is 0 Å². The molecule has 0 amide bonds. The molecule has 0 radical (unpaired) electrons. The molecule has 9 heavy (non-hydrogen) atoms. The van der Waals surface area contributed by atoms with E-state index in [1.165, 1.54) is 0 Å². The molecule has 0 saturated heterocycles. The van der Waals surface area contributed by atoms with Gasteiger partial charge in [-0.3, -0.25) is 0 Å². The summed E-state index contributed by atoms with van der Waals surface area (Å²) in [7, 11) is 0. The van der Waals surface area contributed by atoms with E-state index in [0.717, 1.165) is 8.79 Å². The van der Waals surface area contributed by atoms with Gasteiger partial charge in [0, 0.05) is 0 Å². The molecule has 1 aromatic rings. The summed E-state index contributed by atoms with van der Waals surface area (Å²) in [6.45, 7) is 1.92. The number of nitrogens with two attached hydrogens (primary N) is 1. The Hall–Kier alpha value is 0.0700. The van der Waals surface area contributed by atoms with Crippen molar-refractivity contribution in [3.8, 4) is 0 Å². The first kappa shape index (κ1) is 7.18. The Bertz CT molecular complexity index is 197. The molecular weight excluding hydrogens is 200 g/mol. The third-order valence-electron chi connectivity index (χ3n) is 0.885. The van der Waals surface area contributed by atoms with Crippen LogP contribution in [-0.2, 0) is 0 Å². The fourth-order valence-electron chi connectivity index (χ4n) is 0.477. The standard InChI is InChI=1S/C5H7BrN2S/c1-3(7)5-8-2-4(6)9-5/h2-3H,7H2,1H3/t3-/m1/s1. The summed E-state index contributed by atoms with van der Waals surface area (Å²) in [5.41, 5.74) is 5.55. The second-order valence-corrected chi connectivity index (χ2v) is 4.23. The van der Waals surface area contributed by atoms with E-state index in [1.807, 2.05) is 6.92 Å². The summed E-state index contributed by atoms with van der Waals surface area (Å²) in [6.07, 6.45) is 1.77. The second-order valence-electron chi connectivity index (χ2n) is 1.79. The van der Waals surface area contributed by atoms with Crippen molar-refractivity contribution in [1.29, 1.82) is 0 Å².